The Labute approximate surface area is 147 Å². The number of hydrogen-bond donors (Lipinski definition) is 0. The van der Waals surface area contributed by atoms with Crippen molar-refractivity contribution < 1.29 is 0 Å². The highest BCUT2D eigenvalue weighted by atomic mass is 32.2. The highest BCUT2D eigenvalue weighted by molar-refractivity contribution is 8.17. The predicted octanol–water partition coefficient (Wildman–Crippen LogP) is 6.83. The van der Waals surface area contributed by atoms with Gasteiger partial charge in [0.05, 0.1) is 4.08 Å². The van der Waals surface area contributed by atoms with Crippen LogP contribution in [0.5, 0.6) is 0 Å². The predicted molar refractivity (Wildman–Crippen MR) is 103 cm³/mol. The molecule has 3 rings (SSSR count). The molecule has 0 heterocycles. The minimum absolute atomic E-state index is 0.0238. The van der Waals surface area contributed by atoms with Gasteiger partial charge in [0.2, 0.25) is 0 Å². The summed E-state index contributed by atoms with van der Waals surface area (Å²) in [5, 5.41) is 0. The standard InChI is InChI=1S/C21H20S2/c1-2-21(18-12-6-3-7-13-18,22-19-14-8-4-9-15-19)23-20-16-10-5-11-17-20/h3-17H,2H2,1H3. The zero-order valence-electron chi connectivity index (χ0n) is 13.2. The SMILES string of the molecule is CCC(Sc1ccccc1)(Sc1ccccc1)c1ccccc1. The topological polar surface area (TPSA) is 0 Å². The summed E-state index contributed by atoms with van der Waals surface area (Å²) in [5.74, 6) is 0. The molecule has 0 fully saturated rings. The highest BCUT2D eigenvalue weighted by Gasteiger charge is 2.33. The lowest BCUT2D eigenvalue weighted by Crippen LogP contribution is -2.16. The van der Waals surface area contributed by atoms with Gasteiger partial charge in [0.15, 0.2) is 0 Å². The average Bonchev–Trinajstić information content (AvgIpc) is 2.63. The molecular formula is C21H20S2. The number of rotatable bonds is 6. The molecule has 3 aromatic carbocycles. The van der Waals surface area contributed by atoms with Crippen molar-refractivity contribution in [3.05, 3.63) is 96.6 Å². The van der Waals surface area contributed by atoms with Gasteiger partial charge in [-0.15, -0.1) is 23.5 Å². The van der Waals surface area contributed by atoms with Crippen LogP contribution in [0.25, 0.3) is 0 Å². The van der Waals surface area contributed by atoms with E-state index in [0.717, 1.165) is 6.42 Å². The lowest BCUT2D eigenvalue weighted by atomic mass is 10.1. The molecule has 23 heavy (non-hydrogen) atoms. The van der Waals surface area contributed by atoms with E-state index in [4.69, 9.17) is 0 Å². The van der Waals surface area contributed by atoms with Gasteiger partial charge < -0.3 is 0 Å². The largest absolute Gasteiger partial charge is 0.103 e. The Bertz CT molecular complexity index is 667. The molecule has 3 aromatic rings. The number of hydrogen-bond acceptors (Lipinski definition) is 2. The summed E-state index contributed by atoms with van der Waals surface area (Å²) in [4.78, 5) is 2.61. The maximum absolute atomic E-state index is 2.28. The summed E-state index contributed by atoms with van der Waals surface area (Å²) in [7, 11) is 0. The lowest BCUT2D eigenvalue weighted by molar-refractivity contribution is 0.830. The molecule has 0 aliphatic heterocycles. The van der Waals surface area contributed by atoms with Crippen LogP contribution >= 0.6 is 23.5 Å². The van der Waals surface area contributed by atoms with Crippen molar-refractivity contribution >= 4 is 23.5 Å². The van der Waals surface area contributed by atoms with Crippen LogP contribution in [0.1, 0.15) is 18.9 Å². The van der Waals surface area contributed by atoms with E-state index in [1.54, 1.807) is 0 Å². The van der Waals surface area contributed by atoms with Gasteiger partial charge in [-0.25, -0.2) is 0 Å². The van der Waals surface area contributed by atoms with Gasteiger partial charge in [-0.2, -0.15) is 0 Å². The molecule has 0 atom stereocenters. The fourth-order valence-corrected chi connectivity index (χ4v) is 5.43. The summed E-state index contributed by atoms with van der Waals surface area (Å²) >= 11 is 3.89. The molecule has 0 amide bonds. The first-order valence-electron chi connectivity index (χ1n) is 7.86. The van der Waals surface area contributed by atoms with E-state index in [9.17, 15) is 0 Å². The quantitative estimate of drug-likeness (QED) is 0.357. The fraction of sp³-hybridized carbons (Fsp3) is 0.143. The van der Waals surface area contributed by atoms with E-state index in [-0.39, 0.29) is 4.08 Å². The van der Waals surface area contributed by atoms with Gasteiger partial charge in [-0.05, 0) is 36.2 Å². The molecule has 0 aromatic heterocycles. The van der Waals surface area contributed by atoms with E-state index < -0.39 is 0 Å². The van der Waals surface area contributed by atoms with Crippen molar-refractivity contribution in [2.45, 2.75) is 27.2 Å². The van der Waals surface area contributed by atoms with E-state index >= 15 is 0 Å². The first-order valence-corrected chi connectivity index (χ1v) is 9.49. The minimum Gasteiger partial charge on any atom is -0.103 e. The van der Waals surface area contributed by atoms with Gasteiger partial charge in [-0.3, -0.25) is 0 Å². The Morgan fingerprint density at radius 2 is 1.00 bits per heavy atom. The molecule has 0 aliphatic rings. The van der Waals surface area contributed by atoms with Crippen molar-refractivity contribution in [2.75, 3.05) is 0 Å². The molecule has 0 spiro atoms. The van der Waals surface area contributed by atoms with Gasteiger partial charge >= 0.3 is 0 Å². The fourth-order valence-electron chi connectivity index (χ4n) is 2.54. The molecule has 0 saturated heterocycles. The van der Waals surface area contributed by atoms with Gasteiger partial charge in [0.25, 0.3) is 0 Å². The van der Waals surface area contributed by atoms with Crippen LogP contribution in [0.4, 0.5) is 0 Å². The molecule has 116 valence electrons. The molecule has 2 heteroatoms. The van der Waals surface area contributed by atoms with Crippen molar-refractivity contribution in [1.29, 1.82) is 0 Å². The zero-order chi connectivity index (χ0) is 16.0. The summed E-state index contributed by atoms with van der Waals surface area (Å²) < 4.78 is -0.0238. The Morgan fingerprint density at radius 1 is 0.609 bits per heavy atom. The first kappa shape index (κ1) is 16.2. The van der Waals surface area contributed by atoms with Crippen molar-refractivity contribution in [3.63, 3.8) is 0 Å². The molecule has 0 radical (unpaired) electrons. The minimum atomic E-state index is -0.0238. The molecular weight excluding hydrogens is 316 g/mol. The first-order chi connectivity index (χ1) is 11.3. The third kappa shape index (κ3) is 4.01. The maximum atomic E-state index is 2.28. The third-order valence-electron chi connectivity index (χ3n) is 3.73. The average molecular weight is 337 g/mol. The molecule has 0 unspecified atom stereocenters. The van der Waals surface area contributed by atoms with E-state index in [2.05, 4.69) is 97.9 Å². The zero-order valence-corrected chi connectivity index (χ0v) is 14.8. The molecule has 0 nitrogen and oxygen atoms in total. The summed E-state index contributed by atoms with van der Waals surface area (Å²) in [5.41, 5.74) is 1.37. The Morgan fingerprint density at radius 3 is 1.39 bits per heavy atom. The Balaban J connectivity index is 2.00. The normalized spacial score (nSPS) is 11.3. The molecule has 0 bridgehead atoms. The second-order valence-corrected chi connectivity index (χ2v) is 8.31. The second kappa shape index (κ2) is 7.76. The van der Waals surface area contributed by atoms with Crippen molar-refractivity contribution in [1.82, 2.24) is 0 Å². The maximum Gasteiger partial charge on any atom is 0.0950 e. The van der Waals surface area contributed by atoms with Crippen LogP contribution < -0.4 is 0 Å². The van der Waals surface area contributed by atoms with E-state index in [0.29, 0.717) is 0 Å². The van der Waals surface area contributed by atoms with E-state index in [1.165, 1.54) is 15.4 Å². The van der Waals surface area contributed by atoms with Gasteiger partial charge in [-0.1, -0.05) is 73.7 Å². The van der Waals surface area contributed by atoms with Crippen LogP contribution in [0.15, 0.2) is 101 Å². The summed E-state index contributed by atoms with van der Waals surface area (Å²) in [6.07, 6.45) is 1.05. The van der Waals surface area contributed by atoms with Crippen LogP contribution in [-0.2, 0) is 4.08 Å². The Hall–Kier alpha value is -1.64. The molecule has 0 saturated carbocycles. The van der Waals surface area contributed by atoms with Crippen LogP contribution in [0.2, 0.25) is 0 Å². The van der Waals surface area contributed by atoms with Crippen LogP contribution in [0.3, 0.4) is 0 Å². The van der Waals surface area contributed by atoms with Crippen molar-refractivity contribution in [3.8, 4) is 0 Å². The van der Waals surface area contributed by atoms with E-state index in [1.807, 2.05) is 23.5 Å². The van der Waals surface area contributed by atoms with Crippen LogP contribution in [0, 0.1) is 0 Å². The monoisotopic (exact) mass is 336 g/mol. The summed E-state index contributed by atoms with van der Waals surface area (Å²) in [6, 6.07) is 32.2. The van der Waals surface area contributed by atoms with Gasteiger partial charge in [0.1, 0.15) is 0 Å². The molecule has 0 N–H and O–H groups in total. The second-order valence-electron chi connectivity index (χ2n) is 5.30. The number of thioether (sulfide) groups is 2. The number of benzene rings is 3. The van der Waals surface area contributed by atoms with Gasteiger partial charge in [0, 0.05) is 9.79 Å². The highest BCUT2D eigenvalue weighted by Crippen LogP contribution is 2.54. The Kier molecular flexibility index (Phi) is 5.47. The van der Waals surface area contributed by atoms with Crippen molar-refractivity contribution in [2.24, 2.45) is 0 Å². The van der Waals surface area contributed by atoms with Crippen LogP contribution in [-0.4, -0.2) is 0 Å². The third-order valence-corrected chi connectivity index (χ3v) is 6.95. The smallest absolute Gasteiger partial charge is 0.0950 e. The lowest BCUT2D eigenvalue weighted by Gasteiger charge is -2.32. The molecule has 0 aliphatic carbocycles. The summed E-state index contributed by atoms with van der Waals surface area (Å²) in [6.45, 7) is 2.28.